The zero-order chi connectivity index (χ0) is 27.6. The SMILES string of the molecule is CC(=O)Nc1c(Cl)cc(CN=C(NC(=O)OC(C)(C)C)NC(=O)C2C3CC3CN2c2ccccc2)cc1Cl. The number of halogens is 2. The summed E-state index contributed by atoms with van der Waals surface area (Å²) in [5.74, 6) is 0.110. The minimum Gasteiger partial charge on any atom is -0.444 e. The van der Waals surface area contributed by atoms with Gasteiger partial charge in [-0.3, -0.25) is 20.2 Å². The molecule has 4 rings (SSSR count). The van der Waals surface area contributed by atoms with Gasteiger partial charge in [-0.2, -0.15) is 0 Å². The van der Waals surface area contributed by atoms with Crippen LogP contribution in [0.25, 0.3) is 0 Å². The third-order valence-electron chi connectivity index (χ3n) is 6.19. The summed E-state index contributed by atoms with van der Waals surface area (Å²) in [6.07, 6.45) is 0.245. The molecule has 3 atom stereocenters. The van der Waals surface area contributed by atoms with Crippen molar-refractivity contribution in [2.45, 2.75) is 52.3 Å². The Morgan fingerprint density at radius 2 is 1.74 bits per heavy atom. The van der Waals surface area contributed by atoms with E-state index in [0.29, 0.717) is 17.2 Å². The lowest BCUT2D eigenvalue weighted by molar-refractivity contribution is -0.121. The molecule has 2 aromatic rings. The number of anilines is 2. The van der Waals surface area contributed by atoms with Gasteiger partial charge in [-0.25, -0.2) is 9.79 Å². The Bertz CT molecular complexity index is 1240. The molecule has 3 unspecified atom stereocenters. The van der Waals surface area contributed by atoms with Gasteiger partial charge in [0.25, 0.3) is 0 Å². The number of amides is 3. The van der Waals surface area contributed by atoms with Crippen LogP contribution in [-0.4, -0.2) is 42.1 Å². The van der Waals surface area contributed by atoms with Gasteiger partial charge in [-0.1, -0.05) is 41.4 Å². The molecular formula is C27H31Cl2N5O4. The Balaban J connectivity index is 1.54. The molecule has 38 heavy (non-hydrogen) atoms. The Kier molecular flexibility index (Phi) is 8.18. The molecule has 2 aromatic carbocycles. The Morgan fingerprint density at radius 3 is 2.34 bits per heavy atom. The van der Waals surface area contributed by atoms with Crippen LogP contribution in [0.5, 0.6) is 0 Å². The molecule has 2 aliphatic rings. The lowest BCUT2D eigenvalue weighted by atomic mass is 10.1. The zero-order valence-corrected chi connectivity index (χ0v) is 23.2. The Labute approximate surface area is 231 Å². The van der Waals surface area contributed by atoms with Gasteiger partial charge < -0.3 is 15.0 Å². The quantitative estimate of drug-likeness (QED) is 0.353. The van der Waals surface area contributed by atoms with Crippen molar-refractivity contribution >= 4 is 58.4 Å². The number of carbonyl (C=O) groups excluding carboxylic acids is 3. The lowest BCUT2D eigenvalue weighted by Gasteiger charge is -2.29. The fraction of sp³-hybridized carbons (Fsp3) is 0.407. The van der Waals surface area contributed by atoms with Crippen LogP contribution in [0, 0.1) is 11.8 Å². The molecule has 1 aliphatic heterocycles. The number of nitrogens with zero attached hydrogens (tertiary/aromatic N) is 2. The number of nitrogens with one attached hydrogen (secondary N) is 3. The molecule has 3 N–H and O–H groups in total. The summed E-state index contributed by atoms with van der Waals surface area (Å²) in [5, 5.41) is 8.44. The predicted molar refractivity (Wildman–Crippen MR) is 149 cm³/mol. The normalized spacial score (nSPS) is 20.4. The molecule has 1 saturated heterocycles. The summed E-state index contributed by atoms with van der Waals surface area (Å²) in [4.78, 5) is 44.0. The molecule has 1 heterocycles. The van der Waals surface area contributed by atoms with E-state index < -0.39 is 11.7 Å². The third-order valence-corrected chi connectivity index (χ3v) is 6.79. The van der Waals surface area contributed by atoms with Gasteiger partial charge in [0.1, 0.15) is 11.6 Å². The fourth-order valence-electron chi connectivity index (χ4n) is 4.57. The maximum atomic E-state index is 13.5. The highest BCUT2D eigenvalue weighted by atomic mass is 35.5. The van der Waals surface area contributed by atoms with E-state index in [1.807, 2.05) is 30.3 Å². The van der Waals surface area contributed by atoms with Crippen LogP contribution in [0.2, 0.25) is 10.0 Å². The number of hydrogen-bond acceptors (Lipinski definition) is 6. The zero-order valence-electron chi connectivity index (χ0n) is 21.7. The van der Waals surface area contributed by atoms with Crippen LogP contribution in [0.1, 0.15) is 39.7 Å². The molecule has 11 heteroatoms. The van der Waals surface area contributed by atoms with Crippen LogP contribution < -0.4 is 20.9 Å². The van der Waals surface area contributed by atoms with Gasteiger partial charge in [0, 0.05) is 19.2 Å². The molecule has 2 fully saturated rings. The van der Waals surface area contributed by atoms with Crippen molar-refractivity contribution in [1.29, 1.82) is 0 Å². The number of carbonyl (C=O) groups is 3. The number of hydrogen-bond donors (Lipinski definition) is 3. The highest BCUT2D eigenvalue weighted by Gasteiger charge is 2.55. The average Bonchev–Trinajstić information content (AvgIpc) is 3.48. The topological polar surface area (TPSA) is 112 Å². The molecule has 9 nitrogen and oxygen atoms in total. The van der Waals surface area contributed by atoms with Crippen molar-refractivity contribution in [2.75, 3.05) is 16.8 Å². The van der Waals surface area contributed by atoms with Crippen LogP contribution >= 0.6 is 23.2 Å². The van der Waals surface area contributed by atoms with Crippen molar-refractivity contribution in [3.63, 3.8) is 0 Å². The van der Waals surface area contributed by atoms with E-state index in [1.165, 1.54) is 6.92 Å². The van der Waals surface area contributed by atoms with Crippen LogP contribution in [0.3, 0.4) is 0 Å². The number of rotatable bonds is 5. The van der Waals surface area contributed by atoms with Gasteiger partial charge in [0.05, 0.1) is 22.3 Å². The standard InChI is InChI=1S/C27H31Cl2N5O4/c1-15(35)31-22-20(28)10-16(11-21(22)29)13-30-25(33-26(37)38-27(2,3)4)32-24(36)23-19-12-17(19)14-34(23)18-8-6-5-7-9-18/h5-11,17,19,23H,12-14H2,1-4H3,(H,31,35)(H2,30,32,33,36,37). The molecule has 1 saturated carbocycles. The van der Waals surface area contributed by atoms with E-state index in [2.05, 4.69) is 25.8 Å². The smallest absolute Gasteiger partial charge is 0.414 e. The number of piperidine rings is 1. The van der Waals surface area contributed by atoms with Gasteiger partial charge in [0.15, 0.2) is 0 Å². The summed E-state index contributed by atoms with van der Waals surface area (Å²) >= 11 is 12.6. The predicted octanol–water partition coefficient (Wildman–Crippen LogP) is 4.97. The third kappa shape index (κ3) is 6.96. The number of fused-ring (bicyclic) bond motifs is 1. The number of ether oxygens (including phenoxy) is 1. The molecule has 0 radical (unpaired) electrons. The first-order chi connectivity index (χ1) is 17.9. The minimum atomic E-state index is -0.746. The summed E-state index contributed by atoms with van der Waals surface area (Å²) in [6.45, 7) is 7.43. The first kappa shape index (κ1) is 27.7. The monoisotopic (exact) mass is 559 g/mol. The molecule has 3 amide bonds. The van der Waals surface area contributed by atoms with Gasteiger partial charge in [-0.15, -0.1) is 0 Å². The van der Waals surface area contributed by atoms with Crippen molar-refractivity contribution < 1.29 is 19.1 Å². The highest BCUT2D eigenvalue weighted by molar-refractivity contribution is 6.39. The number of guanidine groups is 1. The molecule has 202 valence electrons. The highest BCUT2D eigenvalue weighted by Crippen LogP contribution is 2.50. The fourth-order valence-corrected chi connectivity index (χ4v) is 5.20. The molecule has 1 aliphatic carbocycles. The first-order valence-corrected chi connectivity index (χ1v) is 13.1. The van der Waals surface area contributed by atoms with E-state index in [4.69, 9.17) is 27.9 Å². The van der Waals surface area contributed by atoms with E-state index in [1.54, 1.807) is 32.9 Å². The summed E-state index contributed by atoms with van der Waals surface area (Å²) in [5.41, 5.74) is 1.15. The number of aliphatic imine (C=N–C) groups is 1. The maximum absolute atomic E-state index is 13.5. The Hall–Kier alpha value is -3.30. The second-order valence-corrected chi connectivity index (χ2v) is 11.3. The van der Waals surface area contributed by atoms with Crippen molar-refractivity contribution in [1.82, 2.24) is 10.6 Å². The van der Waals surface area contributed by atoms with Crippen molar-refractivity contribution in [3.8, 4) is 0 Å². The largest absolute Gasteiger partial charge is 0.444 e. The summed E-state index contributed by atoms with van der Waals surface area (Å²) in [6, 6.07) is 12.6. The van der Waals surface area contributed by atoms with E-state index in [0.717, 1.165) is 18.7 Å². The van der Waals surface area contributed by atoms with Crippen molar-refractivity contribution in [2.24, 2.45) is 16.8 Å². The number of benzene rings is 2. The molecule has 0 spiro atoms. The second-order valence-electron chi connectivity index (χ2n) is 10.5. The van der Waals surface area contributed by atoms with E-state index >= 15 is 0 Å². The first-order valence-electron chi connectivity index (χ1n) is 12.3. The van der Waals surface area contributed by atoms with Crippen LogP contribution in [-0.2, 0) is 20.9 Å². The minimum absolute atomic E-state index is 0.0421. The van der Waals surface area contributed by atoms with Gasteiger partial charge in [-0.05, 0) is 68.9 Å². The number of alkyl carbamates (subject to hydrolysis) is 1. The number of para-hydroxylation sites is 1. The molecular weight excluding hydrogens is 529 g/mol. The average molecular weight is 560 g/mol. The molecule has 0 bridgehead atoms. The van der Waals surface area contributed by atoms with E-state index in [-0.39, 0.29) is 46.3 Å². The van der Waals surface area contributed by atoms with Crippen LogP contribution in [0.15, 0.2) is 47.5 Å². The van der Waals surface area contributed by atoms with Gasteiger partial charge >= 0.3 is 6.09 Å². The second kappa shape index (κ2) is 11.2. The Morgan fingerprint density at radius 1 is 1.08 bits per heavy atom. The van der Waals surface area contributed by atoms with Gasteiger partial charge in [0.2, 0.25) is 17.8 Å². The summed E-state index contributed by atoms with van der Waals surface area (Å²) in [7, 11) is 0. The summed E-state index contributed by atoms with van der Waals surface area (Å²) < 4.78 is 5.36. The molecule has 0 aromatic heterocycles. The lowest BCUT2D eigenvalue weighted by Crippen LogP contribution is -2.52. The van der Waals surface area contributed by atoms with Crippen LogP contribution in [0.4, 0.5) is 16.2 Å². The maximum Gasteiger partial charge on any atom is 0.414 e. The van der Waals surface area contributed by atoms with Crippen molar-refractivity contribution in [3.05, 3.63) is 58.1 Å². The van der Waals surface area contributed by atoms with E-state index in [9.17, 15) is 14.4 Å².